The fourth-order valence-electron chi connectivity index (χ4n) is 1.24. The first kappa shape index (κ1) is 18.3. The summed E-state index contributed by atoms with van der Waals surface area (Å²) in [7, 11) is 0. The summed E-state index contributed by atoms with van der Waals surface area (Å²) < 4.78 is 0. The summed E-state index contributed by atoms with van der Waals surface area (Å²) in [4.78, 5) is 9.32. The van der Waals surface area contributed by atoms with Gasteiger partial charge in [0.2, 0.25) is 0 Å². The second kappa shape index (κ2) is 14.9. The summed E-state index contributed by atoms with van der Waals surface area (Å²) in [6, 6.07) is 0. The Kier molecular flexibility index (Phi) is 17.0. The lowest BCUT2D eigenvalue weighted by atomic mass is 10.1. The minimum atomic E-state index is -0.833. The molecule has 0 aromatic heterocycles. The number of hydrogen-bond acceptors (Lipinski definition) is 2. The van der Waals surface area contributed by atoms with Crippen LogP contribution >= 0.6 is 15.9 Å². The first-order valence-corrected chi connectivity index (χ1v) is 6.90. The molecule has 0 radical (unpaired) electrons. The number of aliphatic hydroxyl groups excluding tert-OH is 1. The Balaban J connectivity index is 0. The van der Waals surface area contributed by atoms with Gasteiger partial charge in [-0.05, 0) is 6.42 Å². The number of rotatable bonds is 8. The zero-order valence-electron chi connectivity index (χ0n) is 10.4. The van der Waals surface area contributed by atoms with Crippen LogP contribution in [0.2, 0.25) is 0 Å². The molecule has 1 unspecified atom stereocenters. The molecule has 16 heavy (non-hydrogen) atoms. The number of carbonyl (C=O) groups is 1. The van der Waals surface area contributed by atoms with E-state index in [0.717, 1.165) is 13.3 Å². The van der Waals surface area contributed by atoms with Crippen LogP contribution in [-0.2, 0) is 4.79 Å². The molecule has 4 heteroatoms. The second-order valence-electron chi connectivity index (χ2n) is 3.86. The molecule has 98 valence electrons. The molecule has 0 aliphatic heterocycles. The molecular weight excluding hydrogens is 272 g/mol. The summed E-state index contributed by atoms with van der Waals surface area (Å²) in [5.41, 5.74) is 0. The highest BCUT2D eigenvalue weighted by atomic mass is 79.9. The van der Waals surface area contributed by atoms with E-state index in [1.54, 1.807) is 0 Å². The number of carboxylic acids is 1. The minimum Gasteiger partial charge on any atom is -0.481 e. The topological polar surface area (TPSA) is 57.5 Å². The van der Waals surface area contributed by atoms with E-state index in [9.17, 15) is 0 Å². The molecule has 0 spiro atoms. The van der Waals surface area contributed by atoms with Gasteiger partial charge in [0.25, 0.3) is 5.97 Å². The average molecular weight is 297 g/mol. The fraction of sp³-hybridized carbons (Fsp3) is 0.917. The monoisotopic (exact) mass is 296 g/mol. The molecule has 0 fully saturated rings. The predicted molar refractivity (Wildman–Crippen MR) is 71.1 cm³/mol. The van der Waals surface area contributed by atoms with Gasteiger partial charge in [0.15, 0.2) is 0 Å². The highest BCUT2D eigenvalue weighted by Crippen LogP contribution is 2.12. The Morgan fingerprint density at radius 1 is 1.19 bits per heavy atom. The van der Waals surface area contributed by atoms with Crippen LogP contribution in [0.1, 0.15) is 58.8 Å². The van der Waals surface area contributed by atoms with Gasteiger partial charge < -0.3 is 10.2 Å². The molecule has 0 saturated carbocycles. The van der Waals surface area contributed by atoms with E-state index in [4.69, 9.17) is 15.0 Å². The number of aliphatic carboxylic acids is 1. The SMILES string of the molecule is CC(=O)O.CCCCCCCCC(Br)CO. The molecule has 0 aromatic rings. The fourth-order valence-corrected chi connectivity index (χ4v) is 1.56. The van der Waals surface area contributed by atoms with Crippen molar-refractivity contribution in [2.75, 3.05) is 6.61 Å². The van der Waals surface area contributed by atoms with Crippen LogP contribution < -0.4 is 0 Å². The van der Waals surface area contributed by atoms with Crippen LogP contribution in [0.15, 0.2) is 0 Å². The lowest BCUT2D eigenvalue weighted by molar-refractivity contribution is -0.134. The molecule has 0 rings (SSSR count). The smallest absolute Gasteiger partial charge is 0.300 e. The molecule has 0 amide bonds. The third-order valence-electron chi connectivity index (χ3n) is 2.07. The number of hydrogen-bond donors (Lipinski definition) is 2. The van der Waals surface area contributed by atoms with Gasteiger partial charge in [-0.3, -0.25) is 4.79 Å². The van der Waals surface area contributed by atoms with Gasteiger partial charge >= 0.3 is 0 Å². The quantitative estimate of drug-likeness (QED) is 0.532. The van der Waals surface area contributed by atoms with Crippen LogP contribution in [0.4, 0.5) is 0 Å². The van der Waals surface area contributed by atoms with Crippen molar-refractivity contribution in [3.05, 3.63) is 0 Å². The summed E-state index contributed by atoms with van der Waals surface area (Å²) in [6.07, 6.45) is 9.11. The maximum atomic E-state index is 9.00. The van der Waals surface area contributed by atoms with Crippen molar-refractivity contribution in [1.82, 2.24) is 0 Å². The Morgan fingerprint density at radius 2 is 1.62 bits per heavy atom. The molecule has 0 heterocycles. The highest BCUT2D eigenvalue weighted by molar-refractivity contribution is 9.09. The molecule has 0 aliphatic carbocycles. The van der Waals surface area contributed by atoms with Crippen LogP contribution in [0.5, 0.6) is 0 Å². The van der Waals surface area contributed by atoms with Gasteiger partial charge in [0, 0.05) is 11.8 Å². The van der Waals surface area contributed by atoms with Crippen LogP contribution in [0.25, 0.3) is 0 Å². The van der Waals surface area contributed by atoms with Crippen molar-refractivity contribution in [3.8, 4) is 0 Å². The third kappa shape index (κ3) is 23.6. The van der Waals surface area contributed by atoms with Gasteiger partial charge in [-0.25, -0.2) is 0 Å². The van der Waals surface area contributed by atoms with Crippen molar-refractivity contribution in [1.29, 1.82) is 0 Å². The zero-order valence-corrected chi connectivity index (χ0v) is 12.0. The van der Waals surface area contributed by atoms with Gasteiger partial charge in [-0.15, -0.1) is 0 Å². The molecular formula is C12H25BrO3. The summed E-state index contributed by atoms with van der Waals surface area (Å²) in [5, 5.41) is 16.1. The van der Waals surface area contributed by atoms with Gasteiger partial charge in [-0.1, -0.05) is 61.4 Å². The minimum absolute atomic E-state index is 0.273. The highest BCUT2D eigenvalue weighted by Gasteiger charge is 2.00. The van der Waals surface area contributed by atoms with Crippen LogP contribution in [-0.4, -0.2) is 27.6 Å². The summed E-state index contributed by atoms with van der Waals surface area (Å²) in [6.45, 7) is 3.59. The summed E-state index contributed by atoms with van der Waals surface area (Å²) >= 11 is 3.41. The zero-order chi connectivity index (χ0) is 12.8. The molecule has 1 atom stereocenters. The molecule has 0 aromatic carbocycles. The average Bonchev–Trinajstić information content (AvgIpc) is 2.22. The van der Waals surface area contributed by atoms with Crippen molar-refractivity contribution in [3.63, 3.8) is 0 Å². The maximum Gasteiger partial charge on any atom is 0.300 e. The number of carboxylic acid groups (broad SMARTS) is 1. The van der Waals surface area contributed by atoms with Crippen molar-refractivity contribution < 1.29 is 15.0 Å². The maximum absolute atomic E-state index is 9.00. The first-order chi connectivity index (χ1) is 7.54. The van der Waals surface area contributed by atoms with Crippen LogP contribution in [0.3, 0.4) is 0 Å². The van der Waals surface area contributed by atoms with E-state index in [1.165, 1.54) is 38.5 Å². The van der Waals surface area contributed by atoms with E-state index >= 15 is 0 Å². The first-order valence-electron chi connectivity index (χ1n) is 5.99. The normalized spacial score (nSPS) is 11.5. The van der Waals surface area contributed by atoms with Crippen molar-refractivity contribution in [2.24, 2.45) is 0 Å². The molecule has 0 aliphatic rings. The van der Waals surface area contributed by atoms with Crippen molar-refractivity contribution in [2.45, 2.75) is 63.6 Å². The second-order valence-corrected chi connectivity index (χ2v) is 5.15. The number of alkyl halides is 1. The molecule has 0 bridgehead atoms. The van der Waals surface area contributed by atoms with E-state index < -0.39 is 5.97 Å². The number of halogens is 1. The predicted octanol–water partition coefficient (Wildman–Crippen LogP) is 3.58. The lowest BCUT2D eigenvalue weighted by Gasteiger charge is -2.04. The molecule has 2 N–H and O–H groups in total. The Bertz CT molecular complexity index is 147. The van der Waals surface area contributed by atoms with Gasteiger partial charge in [-0.2, -0.15) is 0 Å². The van der Waals surface area contributed by atoms with E-state index in [2.05, 4.69) is 22.9 Å². The number of unbranched alkanes of at least 4 members (excludes halogenated alkanes) is 5. The van der Waals surface area contributed by atoms with E-state index in [1.807, 2.05) is 0 Å². The largest absolute Gasteiger partial charge is 0.481 e. The number of aliphatic hydroxyl groups is 1. The molecule has 0 saturated heterocycles. The lowest BCUT2D eigenvalue weighted by Crippen LogP contribution is -2.02. The van der Waals surface area contributed by atoms with Crippen LogP contribution in [0, 0.1) is 0 Å². The third-order valence-corrected chi connectivity index (χ3v) is 2.82. The van der Waals surface area contributed by atoms with E-state index in [-0.39, 0.29) is 6.61 Å². The Labute approximate surface area is 107 Å². The van der Waals surface area contributed by atoms with Gasteiger partial charge in [0.05, 0.1) is 6.61 Å². The standard InChI is InChI=1S/C10H21BrO.C2H4O2/c1-2-3-4-5-6-7-8-10(11)9-12;1-2(3)4/h10,12H,2-9H2,1H3;1H3,(H,3,4). The van der Waals surface area contributed by atoms with Gasteiger partial charge in [0.1, 0.15) is 0 Å². The summed E-state index contributed by atoms with van der Waals surface area (Å²) in [5.74, 6) is -0.833. The van der Waals surface area contributed by atoms with E-state index in [0.29, 0.717) is 4.83 Å². The Morgan fingerprint density at radius 3 is 2.06 bits per heavy atom. The Hall–Kier alpha value is -0.0900. The van der Waals surface area contributed by atoms with Crippen molar-refractivity contribution >= 4 is 21.9 Å². The molecule has 3 nitrogen and oxygen atoms in total.